The first-order valence-electron chi connectivity index (χ1n) is 11.5. The van der Waals surface area contributed by atoms with Gasteiger partial charge in [0.1, 0.15) is 18.2 Å². The first kappa shape index (κ1) is 23.0. The SMILES string of the molecule is CC(C)c1nc2ccc(Br)cc2c(=O)n1N=Cc1ccccc1OCc1cccc2ccccc12. The van der Waals surface area contributed by atoms with Gasteiger partial charge in [0, 0.05) is 16.0 Å². The standard InChI is InChI=1S/C29H24BrN3O2/c1-19(2)28-32-26-15-14-23(30)16-25(26)29(34)33(28)31-17-21-9-4-6-13-27(21)35-18-22-11-7-10-20-8-3-5-12-24(20)22/h3-17,19H,18H2,1-2H3. The van der Waals surface area contributed by atoms with Crippen LogP contribution in [-0.2, 0) is 6.61 Å². The van der Waals surface area contributed by atoms with Crippen molar-refractivity contribution < 1.29 is 4.74 Å². The third-order valence-corrected chi connectivity index (χ3v) is 6.34. The van der Waals surface area contributed by atoms with Crippen LogP contribution in [0.3, 0.4) is 0 Å². The molecule has 6 heteroatoms. The average molecular weight is 526 g/mol. The number of fused-ring (bicyclic) bond motifs is 2. The van der Waals surface area contributed by atoms with Crippen molar-refractivity contribution in [2.24, 2.45) is 5.10 Å². The zero-order chi connectivity index (χ0) is 24.4. The first-order valence-corrected chi connectivity index (χ1v) is 12.3. The molecule has 1 aromatic heterocycles. The van der Waals surface area contributed by atoms with Gasteiger partial charge in [0.15, 0.2) is 0 Å². The minimum atomic E-state index is -0.203. The highest BCUT2D eigenvalue weighted by Gasteiger charge is 2.14. The van der Waals surface area contributed by atoms with E-state index in [2.05, 4.69) is 45.3 Å². The summed E-state index contributed by atoms with van der Waals surface area (Å²) in [6.07, 6.45) is 1.66. The summed E-state index contributed by atoms with van der Waals surface area (Å²) in [5.41, 5.74) is 2.35. The van der Waals surface area contributed by atoms with Crippen LogP contribution in [-0.4, -0.2) is 15.9 Å². The Bertz CT molecular complexity index is 1620. The van der Waals surface area contributed by atoms with E-state index in [1.165, 1.54) is 15.4 Å². The molecule has 0 atom stereocenters. The molecule has 174 valence electrons. The monoisotopic (exact) mass is 525 g/mol. The van der Waals surface area contributed by atoms with Crippen molar-refractivity contribution in [1.82, 2.24) is 9.66 Å². The highest BCUT2D eigenvalue weighted by molar-refractivity contribution is 9.10. The molecule has 0 aliphatic heterocycles. The largest absolute Gasteiger partial charge is 0.488 e. The minimum Gasteiger partial charge on any atom is -0.488 e. The van der Waals surface area contributed by atoms with Crippen LogP contribution < -0.4 is 10.3 Å². The van der Waals surface area contributed by atoms with E-state index in [0.717, 1.165) is 15.6 Å². The number of aromatic nitrogens is 2. The molecule has 0 N–H and O–H groups in total. The third kappa shape index (κ3) is 4.75. The summed E-state index contributed by atoms with van der Waals surface area (Å²) in [7, 11) is 0. The van der Waals surface area contributed by atoms with Gasteiger partial charge in [-0.25, -0.2) is 4.98 Å². The second-order valence-corrected chi connectivity index (χ2v) is 9.53. The van der Waals surface area contributed by atoms with Gasteiger partial charge in [0.05, 0.1) is 17.1 Å². The Hall–Kier alpha value is -3.77. The smallest absolute Gasteiger partial charge is 0.282 e. The summed E-state index contributed by atoms with van der Waals surface area (Å²) >= 11 is 3.44. The number of hydrogen-bond donors (Lipinski definition) is 0. The lowest BCUT2D eigenvalue weighted by Crippen LogP contribution is -2.23. The van der Waals surface area contributed by atoms with Gasteiger partial charge in [-0.3, -0.25) is 4.79 Å². The van der Waals surface area contributed by atoms with Crippen molar-refractivity contribution in [2.75, 3.05) is 0 Å². The van der Waals surface area contributed by atoms with Crippen molar-refractivity contribution in [3.05, 3.63) is 117 Å². The number of hydrogen-bond acceptors (Lipinski definition) is 4. The van der Waals surface area contributed by atoms with Crippen molar-refractivity contribution >= 4 is 43.8 Å². The predicted octanol–water partition coefficient (Wildman–Crippen LogP) is 6.90. The van der Waals surface area contributed by atoms with Crippen LogP contribution in [0, 0.1) is 0 Å². The van der Waals surface area contributed by atoms with Gasteiger partial charge in [-0.15, -0.1) is 0 Å². The molecule has 4 aromatic carbocycles. The lowest BCUT2D eigenvalue weighted by molar-refractivity contribution is 0.307. The number of para-hydroxylation sites is 1. The molecule has 1 heterocycles. The van der Waals surface area contributed by atoms with Gasteiger partial charge in [-0.1, -0.05) is 84.4 Å². The van der Waals surface area contributed by atoms with Gasteiger partial charge in [-0.2, -0.15) is 9.78 Å². The summed E-state index contributed by atoms with van der Waals surface area (Å²) in [4.78, 5) is 18.0. The van der Waals surface area contributed by atoms with Crippen molar-refractivity contribution in [1.29, 1.82) is 0 Å². The van der Waals surface area contributed by atoms with Crippen molar-refractivity contribution in [3.63, 3.8) is 0 Å². The zero-order valence-electron chi connectivity index (χ0n) is 19.5. The van der Waals surface area contributed by atoms with Gasteiger partial charge in [-0.05, 0) is 46.7 Å². The topological polar surface area (TPSA) is 56.5 Å². The van der Waals surface area contributed by atoms with Gasteiger partial charge >= 0.3 is 0 Å². The number of ether oxygens (including phenoxy) is 1. The molecule has 0 spiro atoms. The fourth-order valence-electron chi connectivity index (χ4n) is 4.06. The van der Waals surface area contributed by atoms with Gasteiger partial charge in [0.2, 0.25) is 0 Å². The molecule has 0 fully saturated rings. The van der Waals surface area contributed by atoms with Gasteiger partial charge in [0.25, 0.3) is 5.56 Å². The molecule has 5 nitrogen and oxygen atoms in total. The number of benzene rings is 4. The molecule has 0 bridgehead atoms. The Morgan fingerprint density at radius 2 is 1.74 bits per heavy atom. The van der Waals surface area contributed by atoms with E-state index >= 15 is 0 Å². The van der Waals surface area contributed by atoms with E-state index < -0.39 is 0 Å². The fraction of sp³-hybridized carbons (Fsp3) is 0.138. The van der Waals surface area contributed by atoms with E-state index in [-0.39, 0.29) is 11.5 Å². The molecule has 0 radical (unpaired) electrons. The highest BCUT2D eigenvalue weighted by Crippen LogP contribution is 2.23. The molecule has 0 aliphatic carbocycles. The van der Waals surface area contributed by atoms with E-state index in [1.807, 2.05) is 68.4 Å². The van der Waals surface area contributed by atoms with Gasteiger partial charge < -0.3 is 4.74 Å². The molecule has 35 heavy (non-hydrogen) atoms. The van der Waals surface area contributed by atoms with E-state index in [4.69, 9.17) is 9.72 Å². The summed E-state index contributed by atoms with van der Waals surface area (Å²) in [5, 5.41) is 7.43. The van der Waals surface area contributed by atoms with Crippen LogP contribution in [0.5, 0.6) is 5.75 Å². The normalized spacial score (nSPS) is 11.7. The lowest BCUT2D eigenvalue weighted by atomic mass is 10.1. The Morgan fingerprint density at radius 1 is 0.971 bits per heavy atom. The molecule has 0 amide bonds. The molecule has 0 saturated carbocycles. The molecule has 5 aromatic rings. The molecule has 5 rings (SSSR count). The second kappa shape index (κ2) is 9.84. The van der Waals surface area contributed by atoms with Crippen molar-refractivity contribution in [3.8, 4) is 5.75 Å². The third-order valence-electron chi connectivity index (χ3n) is 5.84. The molecule has 0 unspecified atom stereocenters. The van der Waals surface area contributed by atoms with Crippen LogP contribution in [0.4, 0.5) is 0 Å². The zero-order valence-corrected chi connectivity index (χ0v) is 21.1. The summed E-state index contributed by atoms with van der Waals surface area (Å²) in [5.74, 6) is 1.32. The Kier molecular flexibility index (Phi) is 6.47. The maximum Gasteiger partial charge on any atom is 0.282 e. The number of nitrogens with zero attached hydrogens (tertiary/aromatic N) is 3. The maximum absolute atomic E-state index is 13.3. The van der Waals surface area contributed by atoms with Crippen LogP contribution in [0.2, 0.25) is 0 Å². The van der Waals surface area contributed by atoms with E-state index in [0.29, 0.717) is 29.1 Å². The second-order valence-electron chi connectivity index (χ2n) is 8.61. The van der Waals surface area contributed by atoms with E-state index in [9.17, 15) is 4.79 Å². The Balaban J connectivity index is 1.49. The summed E-state index contributed by atoms with van der Waals surface area (Å²) < 4.78 is 8.43. The highest BCUT2D eigenvalue weighted by atomic mass is 79.9. The van der Waals surface area contributed by atoms with Crippen molar-refractivity contribution in [2.45, 2.75) is 26.4 Å². The summed E-state index contributed by atoms with van der Waals surface area (Å²) in [6, 6.07) is 27.7. The Morgan fingerprint density at radius 3 is 2.60 bits per heavy atom. The number of halogens is 1. The van der Waals surface area contributed by atoms with Crippen LogP contribution in [0.25, 0.3) is 21.7 Å². The molecular weight excluding hydrogens is 502 g/mol. The van der Waals surface area contributed by atoms with E-state index in [1.54, 1.807) is 12.3 Å². The van der Waals surface area contributed by atoms with Crippen LogP contribution in [0.1, 0.15) is 36.7 Å². The van der Waals surface area contributed by atoms with Crippen LogP contribution in [0.15, 0.2) is 99.3 Å². The Labute approximate surface area is 211 Å². The minimum absolute atomic E-state index is 0.0192. The first-order chi connectivity index (χ1) is 17.0. The molecule has 0 aliphatic rings. The van der Waals surface area contributed by atoms with Crippen LogP contribution >= 0.6 is 15.9 Å². The fourth-order valence-corrected chi connectivity index (χ4v) is 4.42. The average Bonchev–Trinajstić information content (AvgIpc) is 2.87. The number of rotatable bonds is 6. The molecular formula is C29H24BrN3O2. The quantitative estimate of drug-likeness (QED) is 0.226. The summed E-state index contributed by atoms with van der Waals surface area (Å²) in [6.45, 7) is 4.43. The lowest BCUT2D eigenvalue weighted by Gasteiger charge is -2.13. The predicted molar refractivity (Wildman–Crippen MR) is 146 cm³/mol. The molecule has 0 saturated heterocycles. The maximum atomic E-state index is 13.3.